The van der Waals surface area contributed by atoms with E-state index in [0.717, 1.165) is 45.2 Å². The third-order valence-corrected chi connectivity index (χ3v) is 6.46. The van der Waals surface area contributed by atoms with Gasteiger partial charge < -0.3 is 15.0 Å². The van der Waals surface area contributed by atoms with Crippen molar-refractivity contribution in [1.29, 1.82) is 0 Å². The molecule has 1 aromatic rings. The number of likely N-dealkylation sites (tertiary alicyclic amines) is 1. The first-order valence-corrected chi connectivity index (χ1v) is 9.29. The van der Waals surface area contributed by atoms with Crippen LogP contribution in [0.4, 0.5) is 4.79 Å². The van der Waals surface area contributed by atoms with E-state index in [0.29, 0.717) is 5.92 Å². The van der Waals surface area contributed by atoms with Crippen LogP contribution in [0.25, 0.3) is 0 Å². The molecule has 2 saturated carbocycles. The highest BCUT2D eigenvalue weighted by Gasteiger charge is 2.59. The van der Waals surface area contributed by atoms with Gasteiger partial charge in [-0.2, -0.15) is 0 Å². The smallest absolute Gasteiger partial charge is 0.317 e. The molecule has 1 N–H and O–H groups in total. The fourth-order valence-electron chi connectivity index (χ4n) is 4.53. The average molecular weight is 342 g/mol. The van der Waals surface area contributed by atoms with E-state index < -0.39 is 0 Å². The number of nitrogens with one attached hydrogen (secondary N) is 1. The number of esters is 1. The number of ether oxygens (including phenoxy) is 1. The minimum Gasteiger partial charge on any atom is -0.469 e. The Morgan fingerprint density at radius 2 is 1.84 bits per heavy atom. The molecule has 0 aromatic heterocycles. The lowest BCUT2D eigenvalue weighted by Gasteiger charge is -2.39. The minimum atomic E-state index is -0.0840. The third-order valence-electron chi connectivity index (χ3n) is 6.46. The van der Waals surface area contributed by atoms with Crippen LogP contribution in [0.5, 0.6) is 0 Å². The summed E-state index contributed by atoms with van der Waals surface area (Å²) in [4.78, 5) is 26.1. The topological polar surface area (TPSA) is 58.6 Å². The van der Waals surface area contributed by atoms with Gasteiger partial charge in [-0.1, -0.05) is 30.3 Å². The average Bonchev–Trinajstić information content (AvgIpc) is 3.31. The Hall–Kier alpha value is -2.04. The maximum atomic E-state index is 12.5. The molecule has 1 spiro atoms. The molecule has 5 nitrogen and oxygen atoms in total. The highest BCUT2D eigenvalue weighted by atomic mass is 16.5. The van der Waals surface area contributed by atoms with Crippen molar-refractivity contribution in [3.63, 3.8) is 0 Å². The maximum Gasteiger partial charge on any atom is 0.317 e. The second-order valence-corrected chi connectivity index (χ2v) is 7.85. The van der Waals surface area contributed by atoms with E-state index in [1.165, 1.54) is 12.7 Å². The van der Waals surface area contributed by atoms with Gasteiger partial charge in [-0.15, -0.1) is 0 Å². The molecule has 1 aromatic carbocycles. The summed E-state index contributed by atoms with van der Waals surface area (Å²) >= 11 is 0. The van der Waals surface area contributed by atoms with Crippen molar-refractivity contribution in [1.82, 2.24) is 10.2 Å². The predicted octanol–water partition coefficient (Wildman–Crippen LogP) is 2.92. The molecule has 3 aliphatic rings. The highest BCUT2D eigenvalue weighted by molar-refractivity contribution is 5.77. The summed E-state index contributed by atoms with van der Waals surface area (Å²) < 4.78 is 4.87. The van der Waals surface area contributed by atoms with E-state index in [1.807, 2.05) is 11.0 Å². The van der Waals surface area contributed by atoms with E-state index in [4.69, 9.17) is 4.74 Å². The Morgan fingerprint density at radius 1 is 1.16 bits per heavy atom. The van der Waals surface area contributed by atoms with Crippen LogP contribution in [-0.4, -0.2) is 43.1 Å². The first kappa shape index (κ1) is 16.4. The van der Waals surface area contributed by atoms with Crippen LogP contribution in [0.2, 0.25) is 0 Å². The predicted molar refractivity (Wildman–Crippen MR) is 94.1 cm³/mol. The van der Waals surface area contributed by atoms with Gasteiger partial charge in [0.15, 0.2) is 0 Å². The van der Waals surface area contributed by atoms with Crippen LogP contribution in [0.15, 0.2) is 30.3 Å². The molecule has 0 unspecified atom stereocenters. The van der Waals surface area contributed by atoms with Crippen LogP contribution in [0.1, 0.15) is 43.6 Å². The van der Waals surface area contributed by atoms with Gasteiger partial charge in [0.05, 0.1) is 13.0 Å². The summed E-state index contributed by atoms with van der Waals surface area (Å²) in [6.45, 7) is 1.49. The Kier molecular flexibility index (Phi) is 4.18. The number of methoxy groups -OCH3 is 1. The van der Waals surface area contributed by atoms with E-state index >= 15 is 0 Å². The molecular weight excluding hydrogens is 316 g/mol. The Morgan fingerprint density at radius 3 is 2.48 bits per heavy atom. The molecule has 5 heteroatoms. The van der Waals surface area contributed by atoms with Crippen molar-refractivity contribution in [3.05, 3.63) is 35.9 Å². The first-order valence-electron chi connectivity index (χ1n) is 9.29. The zero-order valence-corrected chi connectivity index (χ0v) is 14.7. The number of benzene rings is 1. The van der Waals surface area contributed by atoms with Crippen LogP contribution >= 0.6 is 0 Å². The summed E-state index contributed by atoms with van der Waals surface area (Å²) in [6, 6.07) is 10.9. The zero-order valence-electron chi connectivity index (χ0n) is 14.7. The number of nitrogens with zero attached hydrogens (tertiary/aromatic N) is 1. The van der Waals surface area contributed by atoms with Crippen molar-refractivity contribution in [2.45, 2.75) is 44.1 Å². The standard InChI is InChI=1S/C20H26N2O3/c1-25-18(23)17-13-20(17)7-9-22(10-8-20)19(24)21-16-11-15(12-16)14-5-3-2-4-6-14/h2-6,15-17H,7-13H2,1H3,(H,21,24)/t15?,16?,17-/m1/s1. The molecule has 2 aliphatic carbocycles. The maximum absolute atomic E-state index is 12.5. The molecule has 2 amide bonds. The number of rotatable bonds is 3. The second-order valence-electron chi connectivity index (χ2n) is 7.85. The number of carbonyl (C=O) groups is 2. The van der Waals surface area contributed by atoms with E-state index in [1.54, 1.807) is 0 Å². The number of hydrogen-bond acceptors (Lipinski definition) is 3. The van der Waals surface area contributed by atoms with Crippen molar-refractivity contribution in [2.75, 3.05) is 20.2 Å². The van der Waals surface area contributed by atoms with Crippen LogP contribution < -0.4 is 5.32 Å². The summed E-state index contributed by atoms with van der Waals surface area (Å²) in [6.07, 6.45) is 4.81. The number of piperidine rings is 1. The van der Waals surface area contributed by atoms with Crippen molar-refractivity contribution in [3.8, 4) is 0 Å². The SMILES string of the molecule is COC(=O)[C@H]1CC12CCN(C(=O)NC1CC(c3ccccc3)C1)CC2. The number of amides is 2. The monoisotopic (exact) mass is 342 g/mol. The lowest BCUT2D eigenvalue weighted by atomic mass is 9.76. The molecule has 4 rings (SSSR count). The Balaban J connectivity index is 1.21. The number of hydrogen-bond donors (Lipinski definition) is 1. The molecule has 3 fully saturated rings. The second kappa shape index (κ2) is 6.36. The van der Waals surface area contributed by atoms with Gasteiger partial charge in [0.2, 0.25) is 0 Å². The summed E-state index contributed by atoms with van der Waals surface area (Å²) in [7, 11) is 1.46. The molecule has 1 atom stereocenters. The van der Waals surface area contributed by atoms with Gasteiger partial charge in [0, 0.05) is 19.1 Å². The minimum absolute atomic E-state index is 0.0565. The molecule has 1 aliphatic heterocycles. The first-order chi connectivity index (χ1) is 12.1. The largest absolute Gasteiger partial charge is 0.469 e. The Bertz CT molecular complexity index is 646. The highest BCUT2D eigenvalue weighted by Crippen LogP contribution is 2.59. The van der Waals surface area contributed by atoms with Gasteiger partial charge >= 0.3 is 12.0 Å². The van der Waals surface area contributed by atoms with Gasteiger partial charge in [-0.05, 0) is 49.0 Å². The van der Waals surface area contributed by atoms with Gasteiger partial charge in [0.1, 0.15) is 0 Å². The Labute approximate surface area is 148 Å². The molecule has 1 saturated heterocycles. The lowest BCUT2D eigenvalue weighted by Crippen LogP contribution is -2.51. The van der Waals surface area contributed by atoms with E-state index in [2.05, 4.69) is 29.6 Å². The zero-order chi connectivity index (χ0) is 17.4. The van der Waals surface area contributed by atoms with E-state index in [-0.39, 0.29) is 29.4 Å². The van der Waals surface area contributed by atoms with Crippen molar-refractivity contribution < 1.29 is 14.3 Å². The van der Waals surface area contributed by atoms with Crippen molar-refractivity contribution >= 4 is 12.0 Å². The molecule has 1 heterocycles. The molecule has 0 bridgehead atoms. The summed E-state index contributed by atoms with van der Waals surface area (Å²) in [5.41, 5.74) is 1.48. The normalized spacial score (nSPS) is 29.6. The van der Waals surface area contributed by atoms with Gasteiger partial charge in [0.25, 0.3) is 0 Å². The van der Waals surface area contributed by atoms with Gasteiger partial charge in [-0.25, -0.2) is 4.79 Å². The van der Waals surface area contributed by atoms with Crippen LogP contribution in [-0.2, 0) is 9.53 Å². The van der Waals surface area contributed by atoms with E-state index in [9.17, 15) is 9.59 Å². The lowest BCUT2D eigenvalue weighted by molar-refractivity contribution is -0.143. The van der Waals surface area contributed by atoms with Gasteiger partial charge in [-0.3, -0.25) is 4.79 Å². The van der Waals surface area contributed by atoms with Crippen LogP contribution in [0.3, 0.4) is 0 Å². The third kappa shape index (κ3) is 3.12. The molecule has 134 valence electrons. The number of urea groups is 1. The molecule has 25 heavy (non-hydrogen) atoms. The fraction of sp³-hybridized carbons (Fsp3) is 0.600. The summed E-state index contributed by atoms with van der Waals surface area (Å²) in [5, 5.41) is 3.17. The van der Waals surface area contributed by atoms with Crippen molar-refractivity contribution in [2.24, 2.45) is 11.3 Å². The van der Waals surface area contributed by atoms with Crippen LogP contribution in [0, 0.1) is 11.3 Å². The summed E-state index contributed by atoms with van der Waals surface area (Å²) in [5.74, 6) is 0.545. The fourth-order valence-corrected chi connectivity index (χ4v) is 4.53. The quantitative estimate of drug-likeness (QED) is 0.859. The number of carbonyl (C=O) groups excluding carboxylic acids is 2. The molecular formula is C20H26N2O3. The molecule has 0 radical (unpaired) electrons.